The number of rotatable bonds is 7. The van der Waals surface area contributed by atoms with Gasteiger partial charge >= 0.3 is 0 Å². The lowest BCUT2D eigenvalue weighted by Crippen LogP contribution is -2.49. The van der Waals surface area contributed by atoms with Gasteiger partial charge in [0.2, 0.25) is 5.91 Å². The van der Waals surface area contributed by atoms with Gasteiger partial charge < -0.3 is 15.1 Å². The first kappa shape index (κ1) is 22.4. The second kappa shape index (κ2) is 10.2. The van der Waals surface area contributed by atoms with Crippen molar-refractivity contribution in [3.8, 4) is 0 Å². The molecule has 1 aliphatic heterocycles. The maximum Gasteiger partial charge on any atom is 0.254 e. The van der Waals surface area contributed by atoms with Gasteiger partial charge in [-0.15, -0.1) is 0 Å². The number of nitrogens with one attached hydrogen (secondary N) is 1. The molecule has 0 radical (unpaired) electrons. The molecule has 32 heavy (non-hydrogen) atoms. The minimum Gasteiger partial charge on any atom is -0.378 e. The van der Waals surface area contributed by atoms with E-state index in [9.17, 15) is 9.59 Å². The van der Waals surface area contributed by atoms with E-state index in [1.54, 1.807) is 0 Å². The summed E-state index contributed by atoms with van der Waals surface area (Å²) >= 11 is 0. The highest BCUT2D eigenvalue weighted by Crippen LogP contribution is 2.40. The average molecular weight is 434 g/mol. The Morgan fingerprint density at radius 1 is 1.00 bits per heavy atom. The number of carbonyl (C=O) groups excluding carboxylic acids is 2. The number of fused-ring (bicyclic) bond motifs is 1. The molecule has 2 aromatic rings. The molecule has 5 nitrogen and oxygen atoms in total. The minimum atomic E-state index is -0.352. The molecule has 170 valence electrons. The van der Waals surface area contributed by atoms with Crippen molar-refractivity contribution in [2.75, 3.05) is 25.5 Å². The standard InChI is InChI=1S/C27H35N3O2/c1-29(2)23-16-14-20(15-17-23)9-8-18-28-26(31)25-19-22-12-6-7-13-24(22)30(25)27(32)21-10-4-3-5-11-21/h3-5,10-11,14-17,22,24-25H,6-9,12-13,18-19H2,1-2H3,(H,28,31). The van der Waals surface area contributed by atoms with Crippen molar-refractivity contribution in [3.05, 3.63) is 65.7 Å². The zero-order valence-electron chi connectivity index (χ0n) is 19.3. The van der Waals surface area contributed by atoms with Gasteiger partial charge in [0, 0.05) is 37.9 Å². The Kier molecular flexibility index (Phi) is 7.13. The predicted octanol–water partition coefficient (Wildman–Crippen LogP) is 4.27. The molecular formula is C27H35N3O2. The summed E-state index contributed by atoms with van der Waals surface area (Å²) in [6.07, 6.45) is 7.08. The zero-order valence-corrected chi connectivity index (χ0v) is 19.3. The Hall–Kier alpha value is -2.82. The van der Waals surface area contributed by atoms with Gasteiger partial charge in [-0.25, -0.2) is 0 Å². The van der Waals surface area contributed by atoms with E-state index in [0.29, 0.717) is 18.0 Å². The summed E-state index contributed by atoms with van der Waals surface area (Å²) in [4.78, 5) is 30.5. The lowest BCUT2D eigenvalue weighted by Gasteiger charge is -2.33. The number of amides is 2. The van der Waals surface area contributed by atoms with Crippen LogP contribution in [0.25, 0.3) is 0 Å². The number of hydrogen-bond acceptors (Lipinski definition) is 3. The van der Waals surface area contributed by atoms with Crippen molar-refractivity contribution in [2.45, 2.75) is 57.0 Å². The van der Waals surface area contributed by atoms with Gasteiger partial charge in [-0.1, -0.05) is 43.2 Å². The number of anilines is 1. The summed E-state index contributed by atoms with van der Waals surface area (Å²) < 4.78 is 0. The number of nitrogens with zero attached hydrogens (tertiary/aromatic N) is 2. The topological polar surface area (TPSA) is 52.7 Å². The molecule has 2 aliphatic rings. The van der Waals surface area contributed by atoms with E-state index in [1.165, 1.54) is 17.7 Å². The van der Waals surface area contributed by atoms with E-state index < -0.39 is 0 Å². The molecule has 0 spiro atoms. The number of carbonyl (C=O) groups is 2. The van der Waals surface area contributed by atoms with Crippen LogP contribution in [0.2, 0.25) is 0 Å². The van der Waals surface area contributed by atoms with Gasteiger partial charge in [-0.05, 0) is 67.9 Å². The molecule has 1 saturated carbocycles. The molecule has 5 heteroatoms. The summed E-state index contributed by atoms with van der Waals surface area (Å²) in [7, 11) is 4.07. The Balaban J connectivity index is 1.36. The highest BCUT2D eigenvalue weighted by atomic mass is 16.2. The number of benzene rings is 2. The molecule has 3 unspecified atom stereocenters. The van der Waals surface area contributed by atoms with Crippen molar-refractivity contribution in [2.24, 2.45) is 5.92 Å². The van der Waals surface area contributed by atoms with Gasteiger partial charge in [-0.2, -0.15) is 0 Å². The largest absolute Gasteiger partial charge is 0.378 e. The molecule has 0 bridgehead atoms. The van der Waals surface area contributed by atoms with E-state index in [4.69, 9.17) is 0 Å². The van der Waals surface area contributed by atoms with Gasteiger partial charge in [-0.3, -0.25) is 9.59 Å². The van der Waals surface area contributed by atoms with Crippen molar-refractivity contribution < 1.29 is 9.59 Å². The van der Waals surface area contributed by atoms with Crippen molar-refractivity contribution in [1.29, 1.82) is 0 Å². The first-order chi connectivity index (χ1) is 15.5. The smallest absolute Gasteiger partial charge is 0.254 e. The number of hydrogen-bond donors (Lipinski definition) is 1. The van der Waals surface area contributed by atoms with E-state index in [2.05, 4.69) is 34.5 Å². The van der Waals surface area contributed by atoms with Crippen LogP contribution in [0.3, 0.4) is 0 Å². The molecule has 1 aliphatic carbocycles. The van der Waals surface area contributed by atoms with Crippen LogP contribution >= 0.6 is 0 Å². The van der Waals surface area contributed by atoms with E-state index >= 15 is 0 Å². The van der Waals surface area contributed by atoms with Crippen LogP contribution in [0, 0.1) is 5.92 Å². The SMILES string of the molecule is CN(C)c1ccc(CCCNC(=O)C2CC3CCCCC3N2C(=O)c2ccccc2)cc1. The fourth-order valence-corrected chi connectivity index (χ4v) is 5.30. The fourth-order valence-electron chi connectivity index (χ4n) is 5.30. The van der Waals surface area contributed by atoms with Crippen molar-refractivity contribution >= 4 is 17.5 Å². The van der Waals surface area contributed by atoms with Crippen LogP contribution < -0.4 is 10.2 Å². The molecule has 2 amide bonds. The third-order valence-corrected chi connectivity index (χ3v) is 7.04. The summed E-state index contributed by atoms with van der Waals surface area (Å²) in [5.74, 6) is 0.454. The van der Waals surface area contributed by atoms with Gasteiger partial charge in [0.25, 0.3) is 5.91 Å². The monoisotopic (exact) mass is 433 g/mol. The maximum absolute atomic E-state index is 13.3. The first-order valence-electron chi connectivity index (χ1n) is 12.0. The molecule has 1 N–H and O–H groups in total. The molecular weight excluding hydrogens is 398 g/mol. The predicted molar refractivity (Wildman–Crippen MR) is 129 cm³/mol. The second-order valence-electron chi connectivity index (χ2n) is 9.40. The van der Waals surface area contributed by atoms with Crippen LogP contribution in [0.4, 0.5) is 5.69 Å². The Bertz CT molecular complexity index is 910. The van der Waals surface area contributed by atoms with Crippen LogP contribution in [-0.4, -0.2) is 49.4 Å². The van der Waals surface area contributed by atoms with Crippen LogP contribution in [0.1, 0.15) is 54.4 Å². The van der Waals surface area contributed by atoms with Gasteiger partial charge in [0.05, 0.1) is 0 Å². The molecule has 3 atom stereocenters. The van der Waals surface area contributed by atoms with Crippen LogP contribution in [0.5, 0.6) is 0 Å². The number of likely N-dealkylation sites (tertiary alicyclic amines) is 1. The second-order valence-corrected chi connectivity index (χ2v) is 9.40. The molecule has 4 rings (SSSR count). The van der Waals surface area contributed by atoms with Crippen LogP contribution in [0.15, 0.2) is 54.6 Å². The molecule has 2 aromatic carbocycles. The molecule has 1 heterocycles. The van der Waals surface area contributed by atoms with Crippen molar-refractivity contribution in [3.63, 3.8) is 0 Å². The van der Waals surface area contributed by atoms with E-state index in [-0.39, 0.29) is 23.9 Å². The fraction of sp³-hybridized carbons (Fsp3) is 0.481. The summed E-state index contributed by atoms with van der Waals surface area (Å²) in [6.45, 7) is 0.632. The Morgan fingerprint density at radius 3 is 2.44 bits per heavy atom. The Morgan fingerprint density at radius 2 is 1.72 bits per heavy atom. The quantitative estimate of drug-likeness (QED) is 0.664. The Labute approximate surface area is 191 Å². The molecule has 2 fully saturated rings. The third-order valence-electron chi connectivity index (χ3n) is 7.04. The first-order valence-corrected chi connectivity index (χ1v) is 12.0. The summed E-state index contributed by atoms with van der Waals surface area (Å²) in [5.41, 5.74) is 3.14. The maximum atomic E-state index is 13.3. The van der Waals surface area contributed by atoms with E-state index in [0.717, 1.165) is 38.5 Å². The highest BCUT2D eigenvalue weighted by Gasteiger charge is 2.47. The average Bonchev–Trinajstić information content (AvgIpc) is 3.22. The van der Waals surface area contributed by atoms with Crippen LogP contribution in [-0.2, 0) is 11.2 Å². The lowest BCUT2D eigenvalue weighted by atomic mass is 9.84. The van der Waals surface area contributed by atoms with Gasteiger partial charge in [0.1, 0.15) is 6.04 Å². The third kappa shape index (κ3) is 4.98. The number of aryl methyl sites for hydroxylation is 1. The van der Waals surface area contributed by atoms with Gasteiger partial charge in [0.15, 0.2) is 0 Å². The zero-order chi connectivity index (χ0) is 22.5. The van der Waals surface area contributed by atoms with Crippen molar-refractivity contribution in [1.82, 2.24) is 10.2 Å². The summed E-state index contributed by atoms with van der Waals surface area (Å²) in [5, 5.41) is 3.13. The highest BCUT2D eigenvalue weighted by molar-refractivity contribution is 5.98. The molecule has 0 aromatic heterocycles. The van der Waals surface area contributed by atoms with E-state index in [1.807, 2.05) is 49.3 Å². The summed E-state index contributed by atoms with van der Waals surface area (Å²) in [6, 6.07) is 17.8. The molecule has 1 saturated heterocycles. The minimum absolute atomic E-state index is 0.00105. The normalized spacial score (nSPS) is 22.3. The lowest BCUT2D eigenvalue weighted by molar-refractivity contribution is -0.125.